The summed E-state index contributed by atoms with van der Waals surface area (Å²) in [4.78, 5) is 0. The molecule has 2 N–H and O–H groups in total. The molecule has 0 atom stereocenters. The molecule has 6 heteroatoms. The van der Waals surface area contributed by atoms with Crippen LogP contribution in [0.15, 0.2) is 69.0 Å². The van der Waals surface area contributed by atoms with Gasteiger partial charge in [-0.25, -0.2) is 0 Å². The van der Waals surface area contributed by atoms with Gasteiger partial charge in [0.1, 0.15) is 34.2 Å². The largest absolute Gasteiger partial charge is 0.507 e. The number of fused-ring (bicyclic) bond motifs is 2. The molecule has 5 rings (SSSR count). The standard InChI is InChI=1S/C18H10N4O2/c23-14-8-7-10(9-3-1-5-12-16(9)21-19-12)18(24)15(14)11-4-2-6-13-17(11)22-20-13/h1-8,23-24H. The minimum absolute atomic E-state index is 0.0110. The lowest BCUT2D eigenvalue weighted by Gasteiger charge is -2.18. The molecule has 0 saturated carbocycles. The summed E-state index contributed by atoms with van der Waals surface area (Å²) < 4.78 is 0. The lowest BCUT2D eigenvalue weighted by Crippen LogP contribution is -1.90. The molecule has 0 saturated heterocycles. The van der Waals surface area contributed by atoms with Crippen molar-refractivity contribution in [1.82, 2.24) is 0 Å². The van der Waals surface area contributed by atoms with Crippen LogP contribution in [0.5, 0.6) is 11.5 Å². The normalized spacial score (nSPS) is 13.0. The zero-order chi connectivity index (χ0) is 16.3. The van der Waals surface area contributed by atoms with Gasteiger partial charge >= 0.3 is 0 Å². The lowest BCUT2D eigenvalue weighted by atomic mass is 9.93. The Bertz CT molecular complexity index is 1090. The summed E-state index contributed by atoms with van der Waals surface area (Å²) in [6.07, 6.45) is 0. The predicted octanol–water partition coefficient (Wildman–Crippen LogP) is 5.89. The van der Waals surface area contributed by atoms with Gasteiger partial charge in [-0.05, 0) is 24.3 Å². The zero-order valence-electron chi connectivity index (χ0n) is 12.3. The first-order chi connectivity index (χ1) is 11.7. The fourth-order valence-electron chi connectivity index (χ4n) is 3.03. The summed E-state index contributed by atoms with van der Waals surface area (Å²) in [6.45, 7) is 0. The number of aromatic hydroxyl groups is 2. The van der Waals surface area contributed by atoms with Gasteiger partial charge in [0.05, 0.1) is 5.56 Å². The highest BCUT2D eigenvalue weighted by Crippen LogP contribution is 2.54. The van der Waals surface area contributed by atoms with E-state index in [2.05, 4.69) is 20.5 Å². The highest BCUT2D eigenvalue weighted by atomic mass is 16.3. The molecule has 0 spiro atoms. The molecule has 3 aromatic rings. The third-order valence-electron chi connectivity index (χ3n) is 4.26. The van der Waals surface area contributed by atoms with Crippen molar-refractivity contribution >= 4 is 22.7 Å². The molecule has 0 bridgehead atoms. The van der Waals surface area contributed by atoms with E-state index in [-0.39, 0.29) is 11.5 Å². The van der Waals surface area contributed by atoms with Crippen LogP contribution in [-0.2, 0) is 0 Å². The summed E-state index contributed by atoms with van der Waals surface area (Å²) in [5, 5.41) is 37.1. The van der Waals surface area contributed by atoms with Crippen LogP contribution in [0.4, 0.5) is 22.7 Å². The second kappa shape index (κ2) is 4.48. The van der Waals surface area contributed by atoms with Crippen LogP contribution in [-0.4, -0.2) is 10.2 Å². The highest BCUT2D eigenvalue weighted by Gasteiger charge is 2.24. The lowest BCUT2D eigenvalue weighted by molar-refractivity contribution is 0.455. The number of rotatable bonds is 2. The van der Waals surface area contributed by atoms with Crippen LogP contribution >= 0.6 is 0 Å². The number of phenols is 2. The number of nitrogens with zero attached hydrogens (tertiary/aromatic N) is 4. The highest BCUT2D eigenvalue weighted by molar-refractivity contribution is 5.97. The maximum atomic E-state index is 10.9. The van der Waals surface area contributed by atoms with Crippen LogP contribution in [0.3, 0.4) is 0 Å². The Labute approximate surface area is 136 Å². The third-order valence-corrected chi connectivity index (χ3v) is 4.26. The van der Waals surface area contributed by atoms with Crippen molar-refractivity contribution < 1.29 is 10.2 Å². The van der Waals surface area contributed by atoms with Crippen molar-refractivity contribution in [3.05, 3.63) is 48.5 Å². The van der Waals surface area contributed by atoms with Gasteiger partial charge in [-0.15, -0.1) is 20.5 Å². The Balaban J connectivity index is 1.76. The fourth-order valence-corrected chi connectivity index (χ4v) is 3.03. The zero-order valence-corrected chi connectivity index (χ0v) is 12.3. The summed E-state index contributed by atoms with van der Waals surface area (Å²) in [7, 11) is 0. The molecule has 3 aromatic carbocycles. The molecule has 2 heterocycles. The van der Waals surface area contributed by atoms with Crippen LogP contribution in [0.1, 0.15) is 0 Å². The number of phenolic OH excluding ortho intramolecular Hbond substituents is 2. The van der Waals surface area contributed by atoms with E-state index in [4.69, 9.17) is 0 Å². The molecule has 6 nitrogen and oxygen atoms in total. The minimum atomic E-state index is -0.0130. The van der Waals surface area contributed by atoms with Gasteiger partial charge < -0.3 is 10.2 Å². The van der Waals surface area contributed by atoms with Crippen LogP contribution < -0.4 is 0 Å². The molecule has 0 aromatic heterocycles. The Kier molecular flexibility index (Phi) is 2.42. The van der Waals surface area contributed by atoms with Gasteiger partial charge in [-0.3, -0.25) is 0 Å². The summed E-state index contributed by atoms with van der Waals surface area (Å²) >= 11 is 0. The van der Waals surface area contributed by atoms with Crippen LogP contribution in [0.25, 0.3) is 22.3 Å². The average Bonchev–Trinajstić information content (AvgIpc) is 2.50. The monoisotopic (exact) mass is 314 g/mol. The number of azo groups is 2. The van der Waals surface area contributed by atoms with Gasteiger partial charge in [0.25, 0.3) is 0 Å². The Morgan fingerprint density at radius 3 is 1.83 bits per heavy atom. The average molecular weight is 314 g/mol. The summed E-state index contributed by atoms with van der Waals surface area (Å²) in [5.74, 6) is -0.0239. The van der Waals surface area contributed by atoms with Gasteiger partial charge in [0, 0.05) is 16.7 Å². The Morgan fingerprint density at radius 1 is 0.583 bits per heavy atom. The molecule has 2 aliphatic heterocycles. The van der Waals surface area contributed by atoms with E-state index in [0.29, 0.717) is 22.4 Å². The van der Waals surface area contributed by atoms with E-state index in [1.165, 1.54) is 0 Å². The van der Waals surface area contributed by atoms with Crippen molar-refractivity contribution in [2.45, 2.75) is 0 Å². The van der Waals surface area contributed by atoms with Crippen molar-refractivity contribution in [2.24, 2.45) is 20.5 Å². The van der Waals surface area contributed by atoms with E-state index >= 15 is 0 Å². The Hall–Kier alpha value is -3.54. The molecule has 0 unspecified atom stereocenters. The first-order valence-electron chi connectivity index (χ1n) is 7.39. The minimum Gasteiger partial charge on any atom is -0.507 e. The first-order valence-corrected chi connectivity index (χ1v) is 7.39. The Morgan fingerprint density at radius 2 is 1.21 bits per heavy atom. The van der Waals surface area contributed by atoms with Gasteiger partial charge in [0.15, 0.2) is 0 Å². The molecule has 0 fully saturated rings. The van der Waals surface area contributed by atoms with E-state index in [9.17, 15) is 10.2 Å². The SMILES string of the molecule is Oc1ccc(-c2cccc3c2N=N3)c(O)c1-c1cccc2c1N=N2. The number of hydrogen-bond acceptors (Lipinski definition) is 6. The van der Waals surface area contributed by atoms with Crippen molar-refractivity contribution in [2.75, 3.05) is 0 Å². The van der Waals surface area contributed by atoms with Gasteiger partial charge in [-0.1, -0.05) is 24.3 Å². The number of benzene rings is 3. The second-order valence-electron chi connectivity index (χ2n) is 5.60. The molecule has 114 valence electrons. The summed E-state index contributed by atoms with van der Waals surface area (Å²) in [5.41, 5.74) is 5.30. The van der Waals surface area contributed by atoms with Crippen molar-refractivity contribution in [3.63, 3.8) is 0 Å². The maximum absolute atomic E-state index is 10.9. The van der Waals surface area contributed by atoms with E-state index < -0.39 is 0 Å². The number of hydrogen-bond donors (Lipinski definition) is 2. The molecular weight excluding hydrogens is 304 g/mol. The smallest absolute Gasteiger partial charge is 0.135 e. The van der Waals surface area contributed by atoms with E-state index in [0.717, 1.165) is 22.6 Å². The van der Waals surface area contributed by atoms with E-state index in [1.54, 1.807) is 18.2 Å². The molecule has 24 heavy (non-hydrogen) atoms. The van der Waals surface area contributed by atoms with Crippen LogP contribution in [0.2, 0.25) is 0 Å². The molecular formula is C18H10N4O2. The first kappa shape index (κ1) is 13.0. The van der Waals surface area contributed by atoms with Crippen molar-refractivity contribution in [3.8, 4) is 33.8 Å². The van der Waals surface area contributed by atoms with Gasteiger partial charge in [0.2, 0.25) is 0 Å². The molecule has 2 aliphatic rings. The second-order valence-corrected chi connectivity index (χ2v) is 5.60. The topological polar surface area (TPSA) is 89.9 Å². The molecule has 0 radical (unpaired) electrons. The summed E-state index contributed by atoms with van der Waals surface area (Å²) in [6, 6.07) is 14.3. The molecule has 0 amide bonds. The fraction of sp³-hybridized carbons (Fsp3) is 0. The van der Waals surface area contributed by atoms with Crippen LogP contribution in [0, 0.1) is 0 Å². The van der Waals surface area contributed by atoms with Gasteiger partial charge in [-0.2, -0.15) is 0 Å². The quantitative estimate of drug-likeness (QED) is 0.425. The third kappa shape index (κ3) is 1.59. The van der Waals surface area contributed by atoms with Crippen molar-refractivity contribution in [1.29, 1.82) is 0 Å². The van der Waals surface area contributed by atoms with E-state index in [1.807, 2.05) is 30.3 Å². The predicted molar refractivity (Wildman–Crippen MR) is 89.0 cm³/mol. The maximum Gasteiger partial charge on any atom is 0.135 e. The molecule has 0 aliphatic carbocycles.